The number of morpholine rings is 1. The summed E-state index contributed by atoms with van der Waals surface area (Å²) in [6, 6.07) is 6.70. The van der Waals surface area contributed by atoms with Gasteiger partial charge in [-0.15, -0.1) is 0 Å². The van der Waals surface area contributed by atoms with E-state index in [-0.39, 0.29) is 4.90 Å². The molecule has 20 heavy (non-hydrogen) atoms. The second-order valence-electron chi connectivity index (χ2n) is 4.78. The van der Waals surface area contributed by atoms with Gasteiger partial charge in [0.1, 0.15) is 4.90 Å². The first-order valence-electron chi connectivity index (χ1n) is 6.73. The summed E-state index contributed by atoms with van der Waals surface area (Å²) in [5.41, 5.74) is 0.567. The van der Waals surface area contributed by atoms with Crippen molar-refractivity contribution in [1.82, 2.24) is 4.90 Å². The lowest BCUT2D eigenvalue weighted by Crippen LogP contribution is -2.37. The first-order chi connectivity index (χ1) is 9.57. The van der Waals surface area contributed by atoms with Crippen LogP contribution in [0.4, 0.5) is 5.69 Å². The normalized spacial score (nSPS) is 17.1. The topological polar surface area (TPSA) is 84.7 Å². The van der Waals surface area contributed by atoms with Gasteiger partial charge in [-0.25, -0.2) is 13.6 Å². The highest BCUT2D eigenvalue weighted by Gasteiger charge is 2.13. The predicted octanol–water partition coefficient (Wildman–Crippen LogP) is 0.468. The minimum Gasteiger partial charge on any atom is -0.384 e. The minimum atomic E-state index is -3.68. The summed E-state index contributed by atoms with van der Waals surface area (Å²) in [5, 5.41) is 8.33. The Balaban J connectivity index is 1.82. The summed E-state index contributed by atoms with van der Waals surface area (Å²) in [5.74, 6) is 0. The molecule has 112 valence electrons. The Morgan fingerprint density at radius 1 is 1.25 bits per heavy atom. The average molecular weight is 299 g/mol. The van der Waals surface area contributed by atoms with Crippen molar-refractivity contribution in [3.05, 3.63) is 24.3 Å². The third kappa shape index (κ3) is 4.45. The Bertz CT molecular complexity index is 527. The van der Waals surface area contributed by atoms with Crippen LogP contribution in [0.25, 0.3) is 0 Å². The van der Waals surface area contributed by atoms with Gasteiger partial charge >= 0.3 is 0 Å². The number of nitrogens with two attached hydrogens (primary N) is 1. The fourth-order valence-electron chi connectivity index (χ4n) is 2.21. The zero-order valence-electron chi connectivity index (χ0n) is 11.4. The van der Waals surface area contributed by atoms with E-state index >= 15 is 0 Å². The number of nitrogens with one attached hydrogen (secondary N) is 1. The highest BCUT2D eigenvalue weighted by molar-refractivity contribution is 7.89. The Morgan fingerprint density at radius 3 is 2.65 bits per heavy atom. The van der Waals surface area contributed by atoms with Gasteiger partial charge in [-0.2, -0.15) is 0 Å². The molecule has 0 aliphatic carbocycles. The molecule has 3 N–H and O–H groups in total. The van der Waals surface area contributed by atoms with Gasteiger partial charge in [-0.05, 0) is 25.1 Å². The molecule has 7 heteroatoms. The SMILES string of the molecule is NS(=O)(=O)c1ccccc1NCCCN1CCOCC1. The van der Waals surface area contributed by atoms with Gasteiger partial charge in [-0.1, -0.05) is 12.1 Å². The monoisotopic (exact) mass is 299 g/mol. The van der Waals surface area contributed by atoms with Crippen LogP contribution in [-0.2, 0) is 14.8 Å². The van der Waals surface area contributed by atoms with E-state index in [0.717, 1.165) is 39.3 Å². The molecular weight excluding hydrogens is 278 g/mol. The van der Waals surface area contributed by atoms with Crippen LogP contribution < -0.4 is 10.5 Å². The molecule has 0 spiro atoms. The van der Waals surface area contributed by atoms with Crippen LogP contribution in [0.1, 0.15) is 6.42 Å². The molecule has 2 rings (SSSR count). The first-order valence-corrected chi connectivity index (χ1v) is 8.28. The lowest BCUT2D eigenvalue weighted by molar-refractivity contribution is 0.0378. The highest BCUT2D eigenvalue weighted by Crippen LogP contribution is 2.18. The fourth-order valence-corrected chi connectivity index (χ4v) is 2.93. The molecule has 0 unspecified atom stereocenters. The van der Waals surface area contributed by atoms with Gasteiger partial charge in [0.05, 0.1) is 18.9 Å². The van der Waals surface area contributed by atoms with Crippen molar-refractivity contribution in [2.75, 3.05) is 44.7 Å². The molecule has 1 aromatic rings. The van der Waals surface area contributed by atoms with E-state index in [1.807, 2.05) is 0 Å². The van der Waals surface area contributed by atoms with Crippen LogP contribution in [0.3, 0.4) is 0 Å². The highest BCUT2D eigenvalue weighted by atomic mass is 32.2. The molecule has 0 amide bonds. The van der Waals surface area contributed by atoms with E-state index in [4.69, 9.17) is 9.88 Å². The van der Waals surface area contributed by atoms with Crippen molar-refractivity contribution in [2.24, 2.45) is 5.14 Å². The standard InChI is InChI=1S/C13H21N3O3S/c14-20(17,18)13-5-2-1-4-12(13)15-6-3-7-16-8-10-19-11-9-16/h1-2,4-5,15H,3,6-11H2,(H2,14,17,18). The lowest BCUT2D eigenvalue weighted by atomic mass is 10.3. The number of benzene rings is 1. The zero-order chi connectivity index (χ0) is 14.4. The van der Waals surface area contributed by atoms with Gasteiger partial charge in [0.15, 0.2) is 0 Å². The summed E-state index contributed by atoms with van der Waals surface area (Å²) < 4.78 is 28.2. The quantitative estimate of drug-likeness (QED) is 0.746. The van der Waals surface area contributed by atoms with Gasteiger partial charge < -0.3 is 10.1 Å². The molecule has 1 aliphatic rings. The van der Waals surface area contributed by atoms with Crippen molar-refractivity contribution in [3.8, 4) is 0 Å². The van der Waals surface area contributed by atoms with Crippen LogP contribution in [0.2, 0.25) is 0 Å². The number of anilines is 1. The second-order valence-corrected chi connectivity index (χ2v) is 6.31. The zero-order valence-corrected chi connectivity index (χ0v) is 12.2. The third-order valence-electron chi connectivity index (χ3n) is 3.26. The maximum atomic E-state index is 11.4. The number of rotatable bonds is 6. The molecule has 0 bridgehead atoms. The minimum absolute atomic E-state index is 0.145. The van der Waals surface area contributed by atoms with Crippen LogP contribution in [-0.4, -0.2) is 52.7 Å². The summed E-state index contributed by atoms with van der Waals surface area (Å²) >= 11 is 0. The third-order valence-corrected chi connectivity index (χ3v) is 4.23. The summed E-state index contributed by atoms with van der Waals surface area (Å²) in [6.07, 6.45) is 0.943. The van der Waals surface area contributed by atoms with Crippen LogP contribution >= 0.6 is 0 Å². The maximum absolute atomic E-state index is 11.4. The van der Waals surface area contributed by atoms with E-state index in [2.05, 4.69) is 10.2 Å². The van der Waals surface area contributed by atoms with E-state index in [9.17, 15) is 8.42 Å². The second kappa shape index (κ2) is 7.03. The Kier molecular flexibility index (Phi) is 5.36. The molecular formula is C13H21N3O3S. The predicted molar refractivity (Wildman–Crippen MR) is 78.2 cm³/mol. The maximum Gasteiger partial charge on any atom is 0.240 e. The van der Waals surface area contributed by atoms with Crippen molar-refractivity contribution in [2.45, 2.75) is 11.3 Å². The van der Waals surface area contributed by atoms with Crippen LogP contribution in [0.5, 0.6) is 0 Å². The number of sulfonamides is 1. The van der Waals surface area contributed by atoms with Crippen molar-refractivity contribution in [3.63, 3.8) is 0 Å². The van der Waals surface area contributed by atoms with Gasteiger partial charge in [0.25, 0.3) is 0 Å². The average Bonchev–Trinajstić information content (AvgIpc) is 2.44. The number of ether oxygens (including phenoxy) is 1. The number of nitrogens with zero attached hydrogens (tertiary/aromatic N) is 1. The fraction of sp³-hybridized carbons (Fsp3) is 0.538. The molecule has 1 fully saturated rings. The van der Waals surface area contributed by atoms with Gasteiger partial charge in [-0.3, -0.25) is 4.90 Å². The number of primary sulfonamides is 1. The molecule has 1 aliphatic heterocycles. The first kappa shape index (κ1) is 15.2. The molecule has 0 saturated carbocycles. The summed E-state index contributed by atoms with van der Waals surface area (Å²) in [7, 11) is -3.68. The van der Waals surface area contributed by atoms with Gasteiger partial charge in [0, 0.05) is 19.6 Å². The van der Waals surface area contributed by atoms with E-state index in [0.29, 0.717) is 12.2 Å². The number of hydrogen-bond acceptors (Lipinski definition) is 5. The molecule has 1 heterocycles. The Labute approximate surface area is 120 Å². The Morgan fingerprint density at radius 2 is 1.95 bits per heavy atom. The van der Waals surface area contributed by atoms with E-state index in [1.165, 1.54) is 6.07 Å². The van der Waals surface area contributed by atoms with Crippen LogP contribution in [0, 0.1) is 0 Å². The van der Waals surface area contributed by atoms with Crippen molar-refractivity contribution < 1.29 is 13.2 Å². The molecule has 0 radical (unpaired) electrons. The molecule has 1 saturated heterocycles. The van der Waals surface area contributed by atoms with Crippen molar-refractivity contribution >= 4 is 15.7 Å². The number of para-hydroxylation sites is 1. The van der Waals surface area contributed by atoms with E-state index < -0.39 is 10.0 Å². The van der Waals surface area contributed by atoms with Gasteiger partial charge in [0.2, 0.25) is 10.0 Å². The summed E-state index contributed by atoms with van der Waals surface area (Å²) in [6.45, 7) is 5.21. The molecule has 0 aromatic heterocycles. The molecule has 0 atom stereocenters. The smallest absolute Gasteiger partial charge is 0.240 e. The number of hydrogen-bond donors (Lipinski definition) is 2. The molecule has 1 aromatic carbocycles. The summed E-state index contributed by atoms with van der Waals surface area (Å²) in [4.78, 5) is 2.49. The lowest BCUT2D eigenvalue weighted by Gasteiger charge is -2.26. The Hall–Kier alpha value is -1.15. The van der Waals surface area contributed by atoms with Crippen LogP contribution in [0.15, 0.2) is 29.2 Å². The van der Waals surface area contributed by atoms with Crippen molar-refractivity contribution in [1.29, 1.82) is 0 Å². The molecule has 6 nitrogen and oxygen atoms in total. The van der Waals surface area contributed by atoms with E-state index in [1.54, 1.807) is 18.2 Å². The largest absolute Gasteiger partial charge is 0.384 e.